The normalized spacial score (nSPS) is 14.2. The number of hydrogen-bond donors (Lipinski definition) is 1. The maximum Gasteiger partial charge on any atom is 0.455 e. The summed E-state index contributed by atoms with van der Waals surface area (Å²) in [5.74, 6) is -2.55. The number of hydrogen-bond acceptors (Lipinski definition) is 6. The molecule has 0 fully saturated rings. The third-order valence-corrected chi connectivity index (χ3v) is 5.17. The van der Waals surface area contributed by atoms with Crippen LogP contribution in [0.2, 0.25) is 0 Å². The van der Waals surface area contributed by atoms with E-state index in [-0.39, 0.29) is 18.1 Å². The lowest BCUT2D eigenvalue weighted by molar-refractivity contribution is -0.162. The molecule has 2 aromatic heterocycles. The van der Waals surface area contributed by atoms with Crippen molar-refractivity contribution in [1.29, 1.82) is 0 Å². The van der Waals surface area contributed by atoms with Crippen molar-refractivity contribution in [3.8, 4) is 11.4 Å². The van der Waals surface area contributed by atoms with Crippen LogP contribution in [0.15, 0.2) is 58.0 Å². The van der Waals surface area contributed by atoms with Crippen molar-refractivity contribution >= 4 is 23.5 Å². The second-order valence-electron chi connectivity index (χ2n) is 7.63. The van der Waals surface area contributed by atoms with Crippen molar-refractivity contribution in [3.05, 3.63) is 65.6 Å². The molecule has 1 N–H and O–H groups in total. The Labute approximate surface area is 199 Å². The zero-order valence-corrected chi connectivity index (χ0v) is 18.4. The zero-order valence-electron chi connectivity index (χ0n) is 18.4. The maximum absolute atomic E-state index is 14.4. The summed E-state index contributed by atoms with van der Waals surface area (Å²) in [6.07, 6.45) is -5.27. The van der Waals surface area contributed by atoms with Gasteiger partial charge < -0.3 is 14.5 Å². The quantitative estimate of drug-likeness (QED) is 0.389. The number of halogens is 5. The number of rotatable bonds is 7. The molecule has 186 valence electrons. The van der Waals surface area contributed by atoms with Crippen LogP contribution in [0.1, 0.15) is 17.7 Å². The number of aliphatic imine (C=N–C) groups is 1. The summed E-state index contributed by atoms with van der Waals surface area (Å²) in [6.45, 7) is -0.0425. The van der Waals surface area contributed by atoms with Gasteiger partial charge in [-0.3, -0.25) is 4.68 Å². The number of benzene rings is 1. The van der Waals surface area contributed by atoms with E-state index in [9.17, 15) is 31.9 Å². The van der Waals surface area contributed by atoms with E-state index >= 15 is 0 Å². The largest absolute Gasteiger partial charge is 0.480 e. The lowest BCUT2D eigenvalue weighted by atomic mass is 10.1. The van der Waals surface area contributed by atoms with Gasteiger partial charge in [-0.2, -0.15) is 22.7 Å². The molecule has 3 aromatic rings. The number of carboxylic acid groups (broad SMARTS) is 1. The fraction of sp³-hybridized carbons (Fsp3) is 0.227. The van der Waals surface area contributed by atoms with Crippen molar-refractivity contribution in [2.45, 2.75) is 25.2 Å². The summed E-state index contributed by atoms with van der Waals surface area (Å²) in [4.78, 5) is 15.9. The molecule has 3 heterocycles. The second-order valence-corrected chi connectivity index (χ2v) is 7.63. The highest BCUT2D eigenvalue weighted by Crippen LogP contribution is 2.26. The first-order chi connectivity index (χ1) is 17.0. The zero-order chi connectivity index (χ0) is 26.0. The van der Waals surface area contributed by atoms with Gasteiger partial charge in [0.05, 0.1) is 18.7 Å². The topological polar surface area (TPSA) is 111 Å². The summed E-state index contributed by atoms with van der Waals surface area (Å²) in [7, 11) is 0.963. The van der Waals surface area contributed by atoms with Gasteiger partial charge in [-0.15, -0.1) is 4.67 Å². The van der Waals surface area contributed by atoms with Crippen LogP contribution in [0.25, 0.3) is 11.4 Å². The van der Waals surface area contributed by atoms with Gasteiger partial charge in [0.25, 0.3) is 11.7 Å². The molecule has 4 rings (SSSR count). The van der Waals surface area contributed by atoms with Gasteiger partial charge >= 0.3 is 18.0 Å². The number of likely N-dealkylation sites (N-methyl/N-ethyl adjacent to an activating group) is 1. The van der Waals surface area contributed by atoms with E-state index in [0.717, 1.165) is 7.05 Å². The minimum absolute atomic E-state index is 0.0259. The van der Waals surface area contributed by atoms with Crippen molar-refractivity contribution in [1.82, 2.24) is 24.5 Å². The monoisotopic (exact) mass is 507 g/mol. The molecule has 1 aliphatic heterocycles. The molecule has 0 radical (unpaired) electrons. The van der Waals surface area contributed by atoms with Gasteiger partial charge in [-0.25, -0.2) is 9.18 Å². The Kier molecular flexibility index (Phi) is 6.56. The minimum atomic E-state index is -4.83. The van der Waals surface area contributed by atoms with E-state index in [1.165, 1.54) is 35.2 Å². The standard InChI is InChI=1S/C22H15F5N6O3/c1-32(18(21(34)35)9-22(25,26)27)20-14(24)10-28-19(29-20)16-8-17(15-6-7-36-31-15)33(30-16)11-12-4-2-3-5-13(12)23/h2-8,18H,9,11H2,1H3/p+1. The van der Waals surface area contributed by atoms with Crippen LogP contribution in [-0.4, -0.2) is 67.7 Å². The first-order valence-electron chi connectivity index (χ1n) is 10.2. The van der Waals surface area contributed by atoms with E-state index in [1.54, 1.807) is 12.1 Å². The van der Waals surface area contributed by atoms with Crippen LogP contribution in [0.4, 0.5) is 22.0 Å². The molecule has 36 heavy (non-hydrogen) atoms. The number of nitrogens with zero attached hydrogens (tertiary/aromatic N) is 6. The Bertz CT molecular complexity index is 1430. The lowest BCUT2D eigenvalue weighted by Gasteiger charge is -2.24. The predicted octanol–water partition coefficient (Wildman–Crippen LogP) is 2.81. The first-order valence-corrected chi connectivity index (χ1v) is 10.2. The summed E-state index contributed by atoms with van der Waals surface area (Å²) in [5.41, 5.74) is 0.994. The van der Waals surface area contributed by atoms with E-state index in [2.05, 4.69) is 19.9 Å². The Morgan fingerprint density at radius 2 is 2.00 bits per heavy atom. The average Bonchev–Trinajstić information content (AvgIpc) is 3.48. The van der Waals surface area contributed by atoms with E-state index in [0.29, 0.717) is 21.9 Å². The predicted molar refractivity (Wildman–Crippen MR) is 116 cm³/mol. The first kappa shape index (κ1) is 24.6. The summed E-state index contributed by atoms with van der Waals surface area (Å²) in [5, 5.41) is 17.4. The molecular formula is C22H16F5N6O3+. The Morgan fingerprint density at radius 1 is 1.25 bits per heavy atom. The summed E-state index contributed by atoms with van der Waals surface area (Å²) in [6, 6.07) is 6.78. The van der Waals surface area contributed by atoms with Crippen molar-refractivity contribution < 1.29 is 36.4 Å². The fourth-order valence-electron chi connectivity index (χ4n) is 3.42. The lowest BCUT2D eigenvalue weighted by Crippen LogP contribution is -2.46. The molecular weight excluding hydrogens is 491 g/mol. The SMILES string of the molecule is CN(C1=NC(c2cc(-c3ccon3)n(Cc3ccccc3F)n2)=[N+]=C=C1F)C(CC(F)(F)F)C(=O)O. The Hall–Kier alpha value is -4.54. The molecule has 0 saturated heterocycles. The van der Waals surface area contributed by atoms with Crippen LogP contribution in [0.3, 0.4) is 0 Å². The number of alkyl halides is 3. The van der Waals surface area contributed by atoms with Crippen molar-refractivity contribution in [2.24, 2.45) is 4.99 Å². The van der Waals surface area contributed by atoms with Gasteiger partial charge in [0, 0.05) is 29.7 Å². The number of aromatic nitrogens is 3. The molecule has 9 nitrogen and oxygen atoms in total. The van der Waals surface area contributed by atoms with Crippen molar-refractivity contribution in [3.63, 3.8) is 0 Å². The molecule has 0 aliphatic carbocycles. The number of carboxylic acids is 1. The highest BCUT2D eigenvalue weighted by atomic mass is 19.4. The number of aliphatic carboxylic acids is 1. The van der Waals surface area contributed by atoms with Gasteiger partial charge in [0.1, 0.15) is 23.8 Å². The summed E-state index contributed by atoms with van der Waals surface area (Å²) >= 11 is 0. The smallest absolute Gasteiger partial charge is 0.455 e. The van der Waals surface area contributed by atoms with Crippen LogP contribution in [0, 0.1) is 5.82 Å². The Balaban J connectivity index is 1.74. The number of amidine groups is 2. The number of carbonyl (C=O) groups is 1. The highest BCUT2D eigenvalue weighted by molar-refractivity contribution is 6.16. The van der Waals surface area contributed by atoms with Crippen LogP contribution < -0.4 is 4.67 Å². The molecule has 14 heteroatoms. The molecule has 0 amide bonds. The molecule has 1 aliphatic rings. The average molecular weight is 507 g/mol. The molecule has 1 atom stereocenters. The molecule has 1 unspecified atom stereocenters. The third kappa shape index (κ3) is 5.24. The Morgan fingerprint density at radius 3 is 2.64 bits per heavy atom. The fourth-order valence-corrected chi connectivity index (χ4v) is 3.42. The van der Waals surface area contributed by atoms with Crippen LogP contribution >= 0.6 is 0 Å². The van der Waals surface area contributed by atoms with Gasteiger partial charge in [0.15, 0.2) is 5.69 Å². The van der Waals surface area contributed by atoms with Crippen LogP contribution in [-0.2, 0) is 11.3 Å². The minimum Gasteiger partial charge on any atom is -0.480 e. The highest BCUT2D eigenvalue weighted by Gasteiger charge is 2.42. The summed E-state index contributed by atoms with van der Waals surface area (Å²) < 4.78 is 77.3. The molecule has 1 aromatic carbocycles. The second kappa shape index (κ2) is 9.61. The van der Waals surface area contributed by atoms with Gasteiger partial charge in [-0.1, -0.05) is 23.4 Å². The van der Waals surface area contributed by atoms with Gasteiger partial charge in [0.2, 0.25) is 5.87 Å². The van der Waals surface area contributed by atoms with E-state index in [4.69, 9.17) is 4.52 Å². The van der Waals surface area contributed by atoms with E-state index in [1.807, 2.05) is 5.87 Å². The molecule has 0 spiro atoms. The van der Waals surface area contributed by atoms with E-state index < -0.39 is 42.1 Å². The molecule has 0 bridgehead atoms. The molecule has 0 saturated carbocycles. The van der Waals surface area contributed by atoms with Crippen LogP contribution in [0.5, 0.6) is 0 Å². The van der Waals surface area contributed by atoms with Crippen molar-refractivity contribution in [2.75, 3.05) is 7.05 Å². The third-order valence-electron chi connectivity index (χ3n) is 5.17. The maximum atomic E-state index is 14.4. The van der Waals surface area contributed by atoms with Gasteiger partial charge in [-0.05, 0) is 6.07 Å².